The van der Waals surface area contributed by atoms with Gasteiger partial charge in [0, 0.05) is 11.8 Å². The van der Waals surface area contributed by atoms with Gasteiger partial charge in [-0.1, -0.05) is 17.8 Å². The van der Waals surface area contributed by atoms with Crippen molar-refractivity contribution >= 4 is 34.7 Å². The first-order valence-corrected chi connectivity index (χ1v) is 10.3. The van der Waals surface area contributed by atoms with E-state index in [9.17, 15) is 13.6 Å². The molecular weight excluding hydrogens is 418 g/mol. The molecule has 1 N–H and O–H groups in total. The Hall–Kier alpha value is -2.98. The van der Waals surface area contributed by atoms with E-state index in [4.69, 9.17) is 4.42 Å². The molecular formula is C19H14F2N4O2S2. The van der Waals surface area contributed by atoms with Gasteiger partial charge in [0.1, 0.15) is 5.76 Å². The number of aromatic nitrogens is 3. The van der Waals surface area contributed by atoms with Crippen LogP contribution in [0.15, 0.2) is 63.7 Å². The lowest BCUT2D eigenvalue weighted by atomic mass is 10.3. The van der Waals surface area contributed by atoms with Gasteiger partial charge in [-0.15, -0.1) is 21.5 Å². The number of thiophene rings is 1. The zero-order valence-corrected chi connectivity index (χ0v) is 16.5. The summed E-state index contributed by atoms with van der Waals surface area (Å²) in [6.45, 7) is 0.417. The predicted molar refractivity (Wildman–Crippen MR) is 107 cm³/mol. The van der Waals surface area contributed by atoms with Crippen molar-refractivity contribution in [1.29, 1.82) is 0 Å². The second kappa shape index (κ2) is 8.58. The summed E-state index contributed by atoms with van der Waals surface area (Å²) < 4.78 is 33.6. The van der Waals surface area contributed by atoms with E-state index in [1.165, 1.54) is 29.2 Å². The number of halogens is 2. The molecule has 0 spiro atoms. The summed E-state index contributed by atoms with van der Waals surface area (Å²) in [5, 5.41) is 13.5. The summed E-state index contributed by atoms with van der Waals surface area (Å²) in [6, 6.07) is 10.7. The SMILES string of the molecule is O=C(CSc1nnc(-c2cccs2)n1Cc1ccco1)Nc1ccc(F)c(F)c1. The van der Waals surface area contributed by atoms with Gasteiger partial charge in [0.15, 0.2) is 22.6 Å². The van der Waals surface area contributed by atoms with Crippen LogP contribution in [-0.2, 0) is 11.3 Å². The van der Waals surface area contributed by atoms with E-state index in [2.05, 4.69) is 15.5 Å². The van der Waals surface area contributed by atoms with Gasteiger partial charge in [-0.05, 0) is 35.7 Å². The highest BCUT2D eigenvalue weighted by Crippen LogP contribution is 2.28. The Kier molecular flexibility index (Phi) is 5.72. The molecule has 0 bridgehead atoms. The molecule has 0 fully saturated rings. The Balaban J connectivity index is 1.49. The van der Waals surface area contributed by atoms with Crippen molar-refractivity contribution in [3.8, 4) is 10.7 Å². The number of anilines is 1. The molecule has 4 rings (SSSR count). The van der Waals surface area contributed by atoms with Gasteiger partial charge < -0.3 is 9.73 Å². The second-order valence-corrected chi connectivity index (χ2v) is 7.80. The number of thioether (sulfide) groups is 1. The van der Waals surface area contributed by atoms with E-state index in [1.54, 1.807) is 12.3 Å². The first kappa shape index (κ1) is 19.3. The highest BCUT2D eigenvalue weighted by Gasteiger charge is 2.18. The smallest absolute Gasteiger partial charge is 0.234 e. The first-order chi connectivity index (χ1) is 14.1. The number of carbonyl (C=O) groups is 1. The zero-order valence-electron chi connectivity index (χ0n) is 14.8. The van der Waals surface area contributed by atoms with Crippen LogP contribution in [0, 0.1) is 11.6 Å². The van der Waals surface area contributed by atoms with Gasteiger partial charge in [0.25, 0.3) is 0 Å². The number of hydrogen-bond donors (Lipinski definition) is 1. The summed E-state index contributed by atoms with van der Waals surface area (Å²) in [4.78, 5) is 13.2. The molecule has 0 aliphatic heterocycles. The standard InChI is InChI=1S/C19H14F2N4O2S2/c20-14-6-5-12(9-15(14)21)22-17(26)11-29-19-24-23-18(16-4-2-8-28-16)25(19)10-13-3-1-7-27-13/h1-9H,10-11H2,(H,22,26). The van der Waals surface area contributed by atoms with Gasteiger partial charge in [0.2, 0.25) is 5.91 Å². The lowest BCUT2D eigenvalue weighted by Gasteiger charge is -2.08. The number of nitrogens with one attached hydrogen (secondary N) is 1. The maximum absolute atomic E-state index is 13.3. The molecule has 1 amide bonds. The minimum absolute atomic E-state index is 0.0275. The van der Waals surface area contributed by atoms with E-state index in [1.807, 2.05) is 28.1 Å². The van der Waals surface area contributed by atoms with Gasteiger partial charge in [-0.3, -0.25) is 9.36 Å². The Morgan fingerprint density at radius 3 is 2.79 bits per heavy atom. The Labute approximate surface area is 172 Å². The average molecular weight is 432 g/mol. The van der Waals surface area contributed by atoms with Gasteiger partial charge >= 0.3 is 0 Å². The first-order valence-electron chi connectivity index (χ1n) is 8.47. The molecule has 0 saturated carbocycles. The molecule has 3 heterocycles. The lowest BCUT2D eigenvalue weighted by molar-refractivity contribution is -0.113. The summed E-state index contributed by atoms with van der Waals surface area (Å²) in [5.74, 6) is -0.916. The van der Waals surface area contributed by atoms with Crippen LogP contribution in [0.3, 0.4) is 0 Å². The minimum Gasteiger partial charge on any atom is -0.467 e. The predicted octanol–water partition coefficient (Wildman–Crippen LogP) is 4.66. The van der Waals surface area contributed by atoms with Crippen molar-refractivity contribution in [3.05, 3.63) is 71.5 Å². The van der Waals surface area contributed by atoms with Gasteiger partial charge in [-0.2, -0.15) is 0 Å². The fourth-order valence-electron chi connectivity index (χ4n) is 2.59. The van der Waals surface area contributed by atoms with Crippen LogP contribution in [0.25, 0.3) is 10.7 Å². The molecule has 0 atom stereocenters. The van der Waals surface area contributed by atoms with Crippen molar-refractivity contribution in [2.75, 3.05) is 11.1 Å². The molecule has 4 aromatic rings. The summed E-state index contributed by atoms with van der Waals surface area (Å²) in [7, 11) is 0. The molecule has 29 heavy (non-hydrogen) atoms. The molecule has 0 unspecified atom stereocenters. The molecule has 3 aromatic heterocycles. The third-order valence-electron chi connectivity index (χ3n) is 3.89. The van der Waals surface area contributed by atoms with E-state index < -0.39 is 11.6 Å². The molecule has 10 heteroatoms. The van der Waals surface area contributed by atoms with Crippen LogP contribution < -0.4 is 5.32 Å². The maximum atomic E-state index is 13.3. The van der Waals surface area contributed by atoms with Crippen LogP contribution in [0.1, 0.15) is 5.76 Å². The minimum atomic E-state index is -1.02. The Morgan fingerprint density at radius 1 is 1.17 bits per heavy atom. The van der Waals surface area contributed by atoms with Crippen LogP contribution in [0.4, 0.5) is 14.5 Å². The summed E-state index contributed by atoms with van der Waals surface area (Å²) in [6.07, 6.45) is 1.59. The van der Waals surface area contributed by atoms with Gasteiger partial charge in [-0.25, -0.2) is 8.78 Å². The van der Waals surface area contributed by atoms with Crippen LogP contribution in [0.5, 0.6) is 0 Å². The van der Waals surface area contributed by atoms with Gasteiger partial charge in [0.05, 0.1) is 23.4 Å². The zero-order chi connectivity index (χ0) is 20.2. The van der Waals surface area contributed by atoms with E-state index >= 15 is 0 Å². The van der Waals surface area contributed by atoms with Crippen LogP contribution in [-0.4, -0.2) is 26.4 Å². The molecule has 0 radical (unpaired) electrons. The van der Waals surface area contributed by atoms with Crippen molar-refractivity contribution in [2.45, 2.75) is 11.7 Å². The van der Waals surface area contributed by atoms with E-state index in [-0.39, 0.29) is 17.3 Å². The molecule has 1 aromatic carbocycles. The Bertz CT molecular complexity index is 1110. The molecule has 6 nitrogen and oxygen atoms in total. The van der Waals surface area contributed by atoms with E-state index in [0.29, 0.717) is 17.5 Å². The average Bonchev–Trinajstić information content (AvgIpc) is 3.45. The lowest BCUT2D eigenvalue weighted by Crippen LogP contribution is -2.15. The van der Waals surface area contributed by atoms with Crippen molar-refractivity contribution in [1.82, 2.24) is 14.8 Å². The number of benzene rings is 1. The molecule has 0 aliphatic carbocycles. The molecule has 0 saturated heterocycles. The van der Waals surface area contributed by atoms with Crippen LogP contribution >= 0.6 is 23.1 Å². The molecule has 0 aliphatic rings. The van der Waals surface area contributed by atoms with Crippen LogP contribution in [0.2, 0.25) is 0 Å². The topological polar surface area (TPSA) is 73.0 Å². The number of carbonyl (C=O) groups excluding carboxylic acids is 1. The summed E-state index contributed by atoms with van der Waals surface area (Å²) in [5.41, 5.74) is 0.186. The number of nitrogens with zero attached hydrogens (tertiary/aromatic N) is 3. The molecule has 148 valence electrons. The normalized spacial score (nSPS) is 11.0. The van der Waals surface area contributed by atoms with Crippen molar-refractivity contribution < 1.29 is 18.0 Å². The third-order valence-corrected chi connectivity index (χ3v) is 5.72. The van der Waals surface area contributed by atoms with Crippen molar-refractivity contribution in [3.63, 3.8) is 0 Å². The van der Waals surface area contributed by atoms with E-state index in [0.717, 1.165) is 22.8 Å². The second-order valence-electron chi connectivity index (χ2n) is 5.91. The Morgan fingerprint density at radius 2 is 2.07 bits per heavy atom. The monoisotopic (exact) mass is 432 g/mol. The number of amides is 1. The number of rotatable bonds is 7. The fraction of sp³-hybridized carbons (Fsp3) is 0.105. The largest absolute Gasteiger partial charge is 0.467 e. The summed E-state index contributed by atoms with van der Waals surface area (Å²) >= 11 is 2.73. The highest BCUT2D eigenvalue weighted by atomic mass is 32.2. The van der Waals surface area contributed by atoms with Crippen molar-refractivity contribution in [2.24, 2.45) is 0 Å². The number of hydrogen-bond acceptors (Lipinski definition) is 6. The highest BCUT2D eigenvalue weighted by molar-refractivity contribution is 7.99. The third kappa shape index (κ3) is 4.54. The maximum Gasteiger partial charge on any atom is 0.234 e. The number of furan rings is 1. The fourth-order valence-corrected chi connectivity index (χ4v) is 4.04. The quantitative estimate of drug-likeness (QED) is 0.430.